The normalized spacial score (nSPS) is 32.1. The lowest BCUT2D eigenvalue weighted by Gasteiger charge is -2.34. The Morgan fingerprint density at radius 1 is 1.50 bits per heavy atom. The fourth-order valence-corrected chi connectivity index (χ4v) is 1.81. The molecule has 1 fully saturated rings. The summed E-state index contributed by atoms with van der Waals surface area (Å²) in [4.78, 5) is 0. The number of nitrogens with one attached hydrogen (secondary N) is 1. The van der Waals surface area contributed by atoms with Gasteiger partial charge in [0.15, 0.2) is 0 Å². The standard InChI is InChI=1S/C8H17NO/c1-8(2)5-3-4-7(6-8)9-10/h7,9-10H,3-6H2,1-2H3. The molecular weight excluding hydrogens is 126 g/mol. The van der Waals surface area contributed by atoms with Crippen LogP contribution in [0, 0.1) is 5.41 Å². The molecule has 0 heterocycles. The quantitative estimate of drug-likeness (QED) is 0.550. The van der Waals surface area contributed by atoms with Crippen LogP contribution in [0.25, 0.3) is 0 Å². The molecule has 2 N–H and O–H groups in total. The van der Waals surface area contributed by atoms with Crippen molar-refractivity contribution >= 4 is 0 Å². The summed E-state index contributed by atoms with van der Waals surface area (Å²) in [5.74, 6) is 0. The van der Waals surface area contributed by atoms with Gasteiger partial charge in [0.05, 0.1) is 0 Å². The van der Waals surface area contributed by atoms with Crippen LogP contribution < -0.4 is 5.48 Å². The van der Waals surface area contributed by atoms with Crippen molar-refractivity contribution in [2.24, 2.45) is 5.41 Å². The molecule has 2 nitrogen and oxygen atoms in total. The Bertz CT molecular complexity index is 112. The van der Waals surface area contributed by atoms with Crippen molar-refractivity contribution < 1.29 is 5.21 Å². The molecule has 1 aliphatic rings. The third-order valence-corrected chi connectivity index (χ3v) is 2.39. The lowest BCUT2D eigenvalue weighted by atomic mass is 9.75. The van der Waals surface area contributed by atoms with Gasteiger partial charge in [-0.15, -0.1) is 0 Å². The molecule has 0 amide bonds. The maximum absolute atomic E-state index is 8.67. The molecule has 60 valence electrons. The summed E-state index contributed by atoms with van der Waals surface area (Å²) >= 11 is 0. The largest absolute Gasteiger partial charge is 0.317 e. The number of rotatable bonds is 1. The molecule has 0 aromatic rings. The van der Waals surface area contributed by atoms with Gasteiger partial charge in [0.1, 0.15) is 0 Å². The van der Waals surface area contributed by atoms with Crippen molar-refractivity contribution in [3.8, 4) is 0 Å². The molecule has 0 aliphatic heterocycles. The topological polar surface area (TPSA) is 32.3 Å². The summed E-state index contributed by atoms with van der Waals surface area (Å²) in [6.07, 6.45) is 4.76. The highest BCUT2D eigenvalue weighted by atomic mass is 16.5. The predicted octanol–water partition coefficient (Wildman–Crippen LogP) is 1.93. The number of hydroxylamine groups is 1. The van der Waals surface area contributed by atoms with E-state index in [1.54, 1.807) is 0 Å². The second kappa shape index (κ2) is 2.89. The van der Waals surface area contributed by atoms with Crippen LogP contribution in [0.4, 0.5) is 0 Å². The lowest BCUT2D eigenvalue weighted by molar-refractivity contribution is 0.0724. The van der Waals surface area contributed by atoms with Gasteiger partial charge in [-0.2, -0.15) is 0 Å². The Morgan fingerprint density at radius 2 is 2.20 bits per heavy atom. The first-order valence-electron chi connectivity index (χ1n) is 4.04. The molecule has 10 heavy (non-hydrogen) atoms. The van der Waals surface area contributed by atoms with E-state index in [9.17, 15) is 0 Å². The Labute approximate surface area is 62.6 Å². The fourth-order valence-electron chi connectivity index (χ4n) is 1.81. The van der Waals surface area contributed by atoms with Gasteiger partial charge in [0.2, 0.25) is 0 Å². The highest BCUT2D eigenvalue weighted by molar-refractivity contribution is 4.81. The van der Waals surface area contributed by atoms with Gasteiger partial charge >= 0.3 is 0 Å². The minimum atomic E-state index is 0.337. The van der Waals surface area contributed by atoms with E-state index in [0.29, 0.717) is 11.5 Å². The van der Waals surface area contributed by atoms with Crippen LogP contribution in [0.2, 0.25) is 0 Å². The first kappa shape index (κ1) is 8.02. The molecule has 1 rings (SSSR count). The van der Waals surface area contributed by atoms with Gasteiger partial charge in [0, 0.05) is 6.04 Å². The van der Waals surface area contributed by atoms with E-state index < -0.39 is 0 Å². The summed E-state index contributed by atoms with van der Waals surface area (Å²) in [6, 6.07) is 0.337. The molecule has 0 radical (unpaired) electrons. The van der Waals surface area contributed by atoms with Crippen molar-refractivity contribution in [1.82, 2.24) is 5.48 Å². The molecule has 0 saturated heterocycles. The fraction of sp³-hybridized carbons (Fsp3) is 1.00. The first-order valence-corrected chi connectivity index (χ1v) is 4.04. The summed E-state index contributed by atoms with van der Waals surface area (Å²) in [5, 5.41) is 8.67. The van der Waals surface area contributed by atoms with E-state index >= 15 is 0 Å². The molecule has 1 saturated carbocycles. The zero-order valence-corrected chi connectivity index (χ0v) is 6.85. The molecular formula is C8H17NO. The van der Waals surface area contributed by atoms with Crippen LogP contribution >= 0.6 is 0 Å². The van der Waals surface area contributed by atoms with Crippen LogP contribution in [0.5, 0.6) is 0 Å². The van der Waals surface area contributed by atoms with E-state index in [1.807, 2.05) is 0 Å². The number of hydrogen-bond donors (Lipinski definition) is 2. The molecule has 2 heteroatoms. The van der Waals surface area contributed by atoms with Crippen molar-refractivity contribution in [3.05, 3.63) is 0 Å². The molecule has 1 atom stereocenters. The second-order valence-electron chi connectivity index (χ2n) is 4.09. The Kier molecular flexibility index (Phi) is 2.32. The van der Waals surface area contributed by atoms with Crippen molar-refractivity contribution in [3.63, 3.8) is 0 Å². The average Bonchev–Trinajstić information content (AvgIpc) is 1.86. The second-order valence-corrected chi connectivity index (χ2v) is 4.09. The predicted molar refractivity (Wildman–Crippen MR) is 41.0 cm³/mol. The molecule has 0 spiro atoms. The van der Waals surface area contributed by atoms with E-state index in [1.165, 1.54) is 12.8 Å². The monoisotopic (exact) mass is 143 g/mol. The average molecular weight is 143 g/mol. The van der Waals surface area contributed by atoms with Crippen molar-refractivity contribution in [1.29, 1.82) is 0 Å². The maximum Gasteiger partial charge on any atom is 0.0324 e. The minimum absolute atomic E-state index is 0.337. The first-order chi connectivity index (χ1) is 4.64. The van der Waals surface area contributed by atoms with Gasteiger partial charge in [-0.05, 0) is 24.7 Å². The van der Waals surface area contributed by atoms with E-state index in [-0.39, 0.29) is 0 Å². The van der Waals surface area contributed by atoms with Gasteiger partial charge in [-0.25, -0.2) is 5.48 Å². The lowest BCUT2D eigenvalue weighted by Crippen LogP contribution is -2.35. The molecule has 0 aromatic heterocycles. The van der Waals surface area contributed by atoms with E-state index in [4.69, 9.17) is 5.21 Å². The van der Waals surface area contributed by atoms with Crippen LogP contribution in [0.3, 0.4) is 0 Å². The van der Waals surface area contributed by atoms with Crippen molar-refractivity contribution in [2.45, 2.75) is 45.6 Å². The molecule has 0 bridgehead atoms. The molecule has 1 unspecified atom stereocenters. The third-order valence-electron chi connectivity index (χ3n) is 2.39. The Hall–Kier alpha value is -0.0800. The zero-order chi connectivity index (χ0) is 7.61. The van der Waals surface area contributed by atoms with Gasteiger partial charge in [-0.3, -0.25) is 0 Å². The summed E-state index contributed by atoms with van der Waals surface area (Å²) in [6.45, 7) is 4.52. The summed E-state index contributed by atoms with van der Waals surface area (Å²) in [7, 11) is 0. The van der Waals surface area contributed by atoms with Crippen LogP contribution in [-0.4, -0.2) is 11.2 Å². The van der Waals surface area contributed by atoms with Gasteiger partial charge in [0.25, 0.3) is 0 Å². The highest BCUT2D eigenvalue weighted by Crippen LogP contribution is 2.34. The molecule has 0 aromatic carbocycles. The van der Waals surface area contributed by atoms with Crippen molar-refractivity contribution in [2.75, 3.05) is 0 Å². The summed E-state index contributed by atoms with van der Waals surface area (Å²) < 4.78 is 0. The Morgan fingerprint density at radius 3 is 2.60 bits per heavy atom. The Balaban J connectivity index is 2.40. The van der Waals surface area contributed by atoms with Crippen LogP contribution in [-0.2, 0) is 0 Å². The van der Waals surface area contributed by atoms with Gasteiger partial charge < -0.3 is 5.21 Å². The minimum Gasteiger partial charge on any atom is -0.317 e. The van der Waals surface area contributed by atoms with Gasteiger partial charge in [-0.1, -0.05) is 20.3 Å². The zero-order valence-electron chi connectivity index (χ0n) is 6.85. The van der Waals surface area contributed by atoms with Crippen LogP contribution in [0.1, 0.15) is 39.5 Å². The van der Waals surface area contributed by atoms with E-state index in [2.05, 4.69) is 19.3 Å². The highest BCUT2D eigenvalue weighted by Gasteiger charge is 2.27. The number of hydrogen-bond acceptors (Lipinski definition) is 2. The SMILES string of the molecule is CC1(C)CCCC(NO)C1. The summed E-state index contributed by atoms with van der Waals surface area (Å²) in [5.41, 5.74) is 2.79. The van der Waals surface area contributed by atoms with E-state index in [0.717, 1.165) is 12.8 Å². The molecule has 1 aliphatic carbocycles. The maximum atomic E-state index is 8.67. The van der Waals surface area contributed by atoms with Crippen LogP contribution in [0.15, 0.2) is 0 Å². The third kappa shape index (κ3) is 1.96. The smallest absolute Gasteiger partial charge is 0.0324 e.